The molecule has 5 nitrogen and oxygen atoms in total. The van der Waals surface area contributed by atoms with E-state index in [4.69, 9.17) is 4.74 Å². The van der Waals surface area contributed by atoms with Crippen molar-refractivity contribution in [1.29, 1.82) is 0 Å². The van der Waals surface area contributed by atoms with Gasteiger partial charge in [0, 0.05) is 29.7 Å². The average Bonchev–Trinajstić information content (AvgIpc) is 3.21. The Balaban J connectivity index is 1.53. The number of rotatable bonds is 6. The number of hydrogen-bond acceptors (Lipinski definition) is 3. The van der Waals surface area contributed by atoms with Crippen molar-refractivity contribution in [2.24, 2.45) is 0 Å². The van der Waals surface area contributed by atoms with Crippen LogP contribution in [0.5, 0.6) is 0 Å². The van der Waals surface area contributed by atoms with Gasteiger partial charge in [-0.05, 0) is 49.4 Å². The van der Waals surface area contributed by atoms with Crippen molar-refractivity contribution in [1.82, 2.24) is 9.88 Å². The first kappa shape index (κ1) is 19.3. The van der Waals surface area contributed by atoms with E-state index in [1.165, 1.54) is 6.07 Å². The predicted molar refractivity (Wildman–Crippen MR) is 99.0 cm³/mol. The van der Waals surface area contributed by atoms with E-state index in [9.17, 15) is 18.4 Å². The molecule has 0 aliphatic heterocycles. The lowest BCUT2D eigenvalue weighted by Crippen LogP contribution is -2.31. The summed E-state index contributed by atoms with van der Waals surface area (Å²) in [4.78, 5) is 24.0. The smallest absolute Gasteiger partial charge is 0.338 e. The topological polar surface area (TPSA) is 60.3 Å². The minimum atomic E-state index is -0.757. The van der Waals surface area contributed by atoms with Gasteiger partial charge in [0.25, 0.3) is 5.91 Å². The van der Waals surface area contributed by atoms with Crippen LogP contribution in [-0.2, 0) is 9.53 Å². The number of nitrogens with zero attached hydrogens (tertiary/aromatic N) is 1. The van der Waals surface area contributed by atoms with E-state index in [0.717, 1.165) is 17.8 Å². The molecule has 1 atom stereocenters. The Morgan fingerprint density at radius 1 is 1.07 bits per heavy atom. The number of carbonyl (C=O) groups is 2. The van der Waals surface area contributed by atoms with Gasteiger partial charge >= 0.3 is 5.97 Å². The third-order valence-corrected chi connectivity index (χ3v) is 4.15. The summed E-state index contributed by atoms with van der Waals surface area (Å²) in [6.07, 6.45) is 3.76. The predicted octanol–water partition coefficient (Wildman–Crippen LogP) is 3.79. The van der Waals surface area contributed by atoms with Crippen LogP contribution in [0, 0.1) is 11.6 Å². The Labute approximate surface area is 160 Å². The van der Waals surface area contributed by atoms with Crippen LogP contribution in [0.3, 0.4) is 0 Å². The largest absolute Gasteiger partial charge is 0.452 e. The van der Waals surface area contributed by atoms with E-state index in [-0.39, 0.29) is 5.56 Å². The zero-order chi connectivity index (χ0) is 20.1. The molecule has 1 aromatic heterocycles. The number of aromatic nitrogens is 1. The molecule has 1 N–H and O–H groups in total. The van der Waals surface area contributed by atoms with Gasteiger partial charge in [0.1, 0.15) is 11.6 Å². The van der Waals surface area contributed by atoms with Crippen molar-refractivity contribution in [3.8, 4) is 5.69 Å². The maximum absolute atomic E-state index is 13.7. The van der Waals surface area contributed by atoms with Crippen LogP contribution in [0.25, 0.3) is 5.69 Å². The highest BCUT2D eigenvalue weighted by Crippen LogP contribution is 2.17. The van der Waals surface area contributed by atoms with Gasteiger partial charge < -0.3 is 14.6 Å². The van der Waals surface area contributed by atoms with Gasteiger partial charge in [-0.15, -0.1) is 0 Å². The number of carbonyl (C=O) groups excluding carboxylic acids is 2. The Kier molecular flexibility index (Phi) is 5.84. The number of amides is 1. The van der Waals surface area contributed by atoms with E-state index in [2.05, 4.69) is 5.32 Å². The Morgan fingerprint density at radius 2 is 1.75 bits per heavy atom. The average molecular weight is 384 g/mol. The summed E-state index contributed by atoms with van der Waals surface area (Å²) in [5, 5.41) is 2.51. The van der Waals surface area contributed by atoms with Crippen molar-refractivity contribution in [3.05, 3.63) is 89.8 Å². The SMILES string of the molecule is CC(NC(=O)COC(=O)c1ccc(-n2cccc2)cc1)c1ccc(F)cc1F. The number of esters is 1. The Hall–Kier alpha value is -3.48. The lowest BCUT2D eigenvalue weighted by atomic mass is 10.1. The highest BCUT2D eigenvalue weighted by Gasteiger charge is 2.16. The Bertz CT molecular complexity index is 970. The van der Waals surface area contributed by atoms with Gasteiger partial charge in [0.05, 0.1) is 11.6 Å². The standard InChI is InChI=1S/C21H18F2N2O3/c1-14(18-9-6-16(22)12-19(18)23)24-20(26)13-28-21(27)15-4-7-17(8-5-15)25-10-2-3-11-25/h2-12,14H,13H2,1H3,(H,24,26). The van der Waals surface area contributed by atoms with E-state index in [0.29, 0.717) is 5.56 Å². The van der Waals surface area contributed by atoms with Crippen molar-refractivity contribution in [3.63, 3.8) is 0 Å². The van der Waals surface area contributed by atoms with E-state index in [1.807, 2.05) is 29.1 Å². The zero-order valence-electron chi connectivity index (χ0n) is 15.1. The van der Waals surface area contributed by atoms with Crippen LogP contribution in [0.15, 0.2) is 67.0 Å². The van der Waals surface area contributed by atoms with Crippen LogP contribution in [0.1, 0.15) is 28.9 Å². The normalized spacial score (nSPS) is 11.7. The first-order valence-electron chi connectivity index (χ1n) is 8.59. The lowest BCUT2D eigenvalue weighted by molar-refractivity contribution is -0.124. The maximum Gasteiger partial charge on any atom is 0.338 e. The van der Waals surface area contributed by atoms with Crippen molar-refractivity contribution < 1.29 is 23.1 Å². The molecule has 0 aliphatic rings. The van der Waals surface area contributed by atoms with Crippen molar-refractivity contribution in [2.75, 3.05) is 6.61 Å². The van der Waals surface area contributed by atoms with Crippen LogP contribution in [0.4, 0.5) is 8.78 Å². The summed E-state index contributed by atoms with van der Waals surface area (Å²) in [6.45, 7) is 1.04. The Morgan fingerprint density at radius 3 is 2.39 bits per heavy atom. The maximum atomic E-state index is 13.7. The van der Waals surface area contributed by atoms with Crippen LogP contribution in [0.2, 0.25) is 0 Å². The molecule has 0 saturated heterocycles. The minimum absolute atomic E-state index is 0.140. The molecule has 7 heteroatoms. The molecule has 0 spiro atoms. The summed E-state index contributed by atoms with van der Waals surface area (Å²) < 4.78 is 33.6. The molecule has 1 unspecified atom stereocenters. The molecule has 0 saturated carbocycles. The highest BCUT2D eigenvalue weighted by molar-refractivity contribution is 5.91. The zero-order valence-corrected chi connectivity index (χ0v) is 15.1. The first-order chi connectivity index (χ1) is 13.4. The molecule has 0 aliphatic carbocycles. The van der Waals surface area contributed by atoms with Gasteiger partial charge in [-0.3, -0.25) is 4.79 Å². The fourth-order valence-corrected chi connectivity index (χ4v) is 2.70. The molecule has 1 heterocycles. The summed E-state index contributed by atoms with van der Waals surface area (Å²) in [6, 6.07) is 12.9. The lowest BCUT2D eigenvalue weighted by Gasteiger charge is -2.15. The number of halogens is 2. The molecule has 0 radical (unpaired) electrons. The van der Waals surface area contributed by atoms with Gasteiger partial charge in [-0.2, -0.15) is 0 Å². The van der Waals surface area contributed by atoms with Gasteiger partial charge in [0.15, 0.2) is 6.61 Å². The van der Waals surface area contributed by atoms with Gasteiger partial charge in [0.2, 0.25) is 0 Å². The molecular weight excluding hydrogens is 366 g/mol. The third kappa shape index (κ3) is 4.62. The fraction of sp³-hybridized carbons (Fsp3) is 0.143. The number of nitrogens with one attached hydrogen (secondary N) is 1. The molecule has 0 fully saturated rings. The second-order valence-corrected chi connectivity index (χ2v) is 6.17. The number of ether oxygens (including phenoxy) is 1. The molecule has 0 bridgehead atoms. The molecule has 3 rings (SSSR count). The van der Waals surface area contributed by atoms with Crippen molar-refractivity contribution in [2.45, 2.75) is 13.0 Å². The van der Waals surface area contributed by atoms with Crippen molar-refractivity contribution >= 4 is 11.9 Å². The third-order valence-electron chi connectivity index (χ3n) is 4.15. The van der Waals surface area contributed by atoms with E-state index >= 15 is 0 Å². The van der Waals surface area contributed by atoms with Crippen LogP contribution >= 0.6 is 0 Å². The van der Waals surface area contributed by atoms with Gasteiger partial charge in [-0.1, -0.05) is 6.07 Å². The van der Waals surface area contributed by atoms with Gasteiger partial charge in [-0.25, -0.2) is 13.6 Å². The summed E-state index contributed by atoms with van der Waals surface area (Å²) in [7, 11) is 0. The molecule has 3 aromatic rings. The minimum Gasteiger partial charge on any atom is -0.452 e. The molecule has 144 valence electrons. The summed E-state index contributed by atoms with van der Waals surface area (Å²) >= 11 is 0. The van der Waals surface area contributed by atoms with E-state index < -0.39 is 36.2 Å². The van der Waals surface area contributed by atoms with E-state index in [1.54, 1.807) is 31.2 Å². The van der Waals surface area contributed by atoms with Crippen LogP contribution < -0.4 is 5.32 Å². The molecule has 28 heavy (non-hydrogen) atoms. The highest BCUT2D eigenvalue weighted by atomic mass is 19.1. The summed E-state index contributed by atoms with van der Waals surface area (Å²) in [5.74, 6) is -2.69. The quantitative estimate of drug-likeness (QED) is 0.658. The second kappa shape index (κ2) is 8.47. The summed E-state index contributed by atoms with van der Waals surface area (Å²) in [5.41, 5.74) is 1.33. The molecule has 2 aromatic carbocycles. The van der Waals surface area contributed by atoms with Crippen LogP contribution in [-0.4, -0.2) is 23.1 Å². The molecular formula is C21H18F2N2O3. The second-order valence-electron chi connectivity index (χ2n) is 6.17. The number of hydrogen-bond donors (Lipinski definition) is 1. The monoisotopic (exact) mass is 384 g/mol. The fourth-order valence-electron chi connectivity index (χ4n) is 2.70. The first-order valence-corrected chi connectivity index (χ1v) is 8.59. The number of benzene rings is 2. The molecule has 1 amide bonds.